The van der Waals surface area contributed by atoms with Gasteiger partial charge in [-0.2, -0.15) is 0 Å². The van der Waals surface area contributed by atoms with Crippen LogP contribution < -0.4 is 0 Å². The van der Waals surface area contributed by atoms with E-state index in [2.05, 4.69) is 20.8 Å². The maximum absolute atomic E-state index is 12.0. The summed E-state index contributed by atoms with van der Waals surface area (Å²) in [6.07, 6.45) is 1.56. The van der Waals surface area contributed by atoms with Crippen molar-refractivity contribution in [3.8, 4) is 0 Å². The molecule has 0 spiro atoms. The largest absolute Gasteiger partial charge is 0.383 e. The van der Waals surface area contributed by atoms with E-state index < -0.39 is 0 Å². The molecule has 3 nitrogen and oxygen atoms in total. The van der Waals surface area contributed by atoms with Gasteiger partial charge in [-0.05, 0) is 25.7 Å². The number of ether oxygens (including phenoxy) is 1. The molecule has 0 saturated carbocycles. The molecule has 1 amide bonds. The van der Waals surface area contributed by atoms with Crippen molar-refractivity contribution in [2.75, 3.05) is 20.3 Å². The van der Waals surface area contributed by atoms with Gasteiger partial charge in [0.15, 0.2) is 0 Å². The van der Waals surface area contributed by atoms with Crippen LogP contribution in [0.3, 0.4) is 0 Å². The fourth-order valence-corrected chi connectivity index (χ4v) is 1.49. The molecule has 0 aromatic carbocycles. The van der Waals surface area contributed by atoms with Gasteiger partial charge in [-0.1, -0.05) is 20.8 Å². The van der Waals surface area contributed by atoms with Crippen LogP contribution in [0.15, 0.2) is 0 Å². The molecule has 0 saturated heterocycles. The van der Waals surface area contributed by atoms with Crippen molar-refractivity contribution < 1.29 is 9.53 Å². The Kier molecular flexibility index (Phi) is 6.65. The predicted octanol–water partition coefficient (Wildman–Crippen LogP) is 2.70. The zero-order chi connectivity index (χ0) is 12.8. The Labute approximate surface area is 100 Å². The Morgan fingerprint density at radius 2 is 1.88 bits per heavy atom. The lowest BCUT2D eigenvalue weighted by Gasteiger charge is -2.28. The second kappa shape index (κ2) is 6.89. The Morgan fingerprint density at radius 3 is 2.25 bits per heavy atom. The van der Waals surface area contributed by atoms with Gasteiger partial charge >= 0.3 is 0 Å². The van der Waals surface area contributed by atoms with Gasteiger partial charge < -0.3 is 9.64 Å². The summed E-state index contributed by atoms with van der Waals surface area (Å²) in [6.45, 7) is 11.9. The lowest BCUT2D eigenvalue weighted by molar-refractivity contribution is -0.134. The summed E-state index contributed by atoms with van der Waals surface area (Å²) in [7, 11) is 1.66. The number of methoxy groups -OCH3 is 1. The first kappa shape index (κ1) is 15.4. The highest BCUT2D eigenvalue weighted by Crippen LogP contribution is 2.21. The molecule has 0 atom stereocenters. The van der Waals surface area contributed by atoms with Gasteiger partial charge in [-0.25, -0.2) is 0 Å². The summed E-state index contributed by atoms with van der Waals surface area (Å²) < 4.78 is 5.02. The van der Waals surface area contributed by atoms with E-state index in [1.54, 1.807) is 7.11 Å². The zero-order valence-electron chi connectivity index (χ0n) is 11.7. The molecule has 0 aliphatic carbocycles. The number of rotatable bonds is 6. The standard InChI is InChI=1S/C13H27NO2/c1-11(2)14(9-10-16-6)12(15)7-8-13(3,4)5/h11H,7-10H2,1-6H3. The molecule has 96 valence electrons. The SMILES string of the molecule is COCCN(C(=O)CCC(C)(C)C)C(C)C. The van der Waals surface area contributed by atoms with Crippen molar-refractivity contribution in [3.05, 3.63) is 0 Å². The van der Waals surface area contributed by atoms with Gasteiger partial charge in [0.05, 0.1) is 6.61 Å². The molecule has 0 radical (unpaired) electrons. The molecular weight excluding hydrogens is 202 g/mol. The lowest BCUT2D eigenvalue weighted by atomic mass is 9.90. The molecular formula is C13H27NO2. The number of hydrogen-bond donors (Lipinski definition) is 0. The van der Waals surface area contributed by atoms with Gasteiger partial charge in [0.2, 0.25) is 5.91 Å². The summed E-state index contributed by atoms with van der Waals surface area (Å²) in [5.74, 6) is 0.238. The average molecular weight is 229 g/mol. The number of carbonyl (C=O) groups excluding carboxylic acids is 1. The van der Waals surface area contributed by atoms with Crippen LogP contribution in [0, 0.1) is 5.41 Å². The van der Waals surface area contributed by atoms with Crippen LogP contribution in [0.25, 0.3) is 0 Å². The summed E-state index contributed by atoms with van der Waals surface area (Å²) in [6, 6.07) is 0.252. The number of nitrogens with zero attached hydrogens (tertiary/aromatic N) is 1. The molecule has 0 bridgehead atoms. The van der Waals surface area contributed by atoms with E-state index in [1.807, 2.05) is 18.7 Å². The quantitative estimate of drug-likeness (QED) is 0.701. The minimum Gasteiger partial charge on any atom is -0.383 e. The minimum absolute atomic E-state index is 0.222. The van der Waals surface area contributed by atoms with Gasteiger partial charge in [-0.3, -0.25) is 4.79 Å². The monoisotopic (exact) mass is 229 g/mol. The molecule has 3 heteroatoms. The average Bonchev–Trinajstić information content (AvgIpc) is 2.13. The molecule has 0 aromatic rings. The van der Waals surface area contributed by atoms with Crippen molar-refractivity contribution in [2.45, 2.75) is 53.5 Å². The van der Waals surface area contributed by atoms with E-state index in [9.17, 15) is 4.79 Å². The van der Waals surface area contributed by atoms with Crippen molar-refractivity contribution in [1.29, 1.82) is 0 Å². The van der Waals surface area contributed by atoms with E-state index in [1.165, 1.54) is 0 Å². The highest BCUT2D eigenvalue weighted by atomic mass is 16.5. The molecule has 0 aliphatic rings. The molecule has 0 fully saturated rings. The smallest absolute Gasteiger partial charge is 0.222 e. The maximum Gasteiger partial charge on any atom is 0.222 e. The fraction of sp³-hybridized carbons (Fsp3) is 0.923. The van der Waals surface area contributed by atoms with Crippen LogP contribution in [0.1, 0.15) is 47.5 Å². The number of amides is 1. The van der Waals surface area contributed by atoms with Gasteiger partial charge in [-0.15, -0.1) is 0 Å². The molecule has 0 aliphatic heterocycles. The Hall–Kier alpha value is -0.570. The van der Waals surface area contributed by atoms with Crippen molar-refractivity contribution in [3.63, 3.8) is 0 Å². The van der Waals surface area contributed by atoms with E-state index in [4.69, 9.17) is 4.74 Å². The van der Waals surface area contributed by atoms with E-state index in [-0.39, 0.29) is 17.4 Å². The van der Waals surface area contributed by atoms with E-state index in [0.29, 0.717) is 19.6 Å². The maximum atomic E-state index is 12.0. The predicted molar refractivity (Wildman–Crippen MR) is 67.4 cm³/mol. The summed E-state index contributed by atoms with van der Waals surface area (Å²) >= 11 is 0. The highest BCUT2D eigenvalue weighted by Gasteiger charge is 2.19. The third-order valence-electron chi connectivity index (χ3n) is 2.57. The normalized spacial score (nSPS) is 11.9. The molecule has 0 N–H and O–H groups in total. The number of carbonyl (C=O) groups is 1. The summed E-state index contributed by atoms with van der Waals surface area (Å²) in [5.41, 5.74) is 0.222. The molecule has 0 unspecified atom stereocenters. The minimum atomic E-state index is 0.222. The van der Waals surface area contributed by atoms with Crippen LogP contribution in [0.5, 0.6) is 0 Å². The van der Waals surface area contributed by atoms with Crippen molar-refractivity contribution >= 4 is 5.91 Å². The van der Waals surface area contributed by atoms with Crippen LogP contribution in [-0.2, 0) is 9.53 Å². The van der Waals surface area contributed by atoms with Gasteiger partial charge in [0.25, 0.3) is 0 Å². The highest BCUT2D eigenvalue weighted by molar-refractivity contribution is 5.76. The Bertz CT molecular complexity index is 206. The third kappa shape index (κ3) is 6.83. The molecule has 0 heterocycles. The van der Waals surface area contributed by atoms with E-state index >= 15 is 0 Å². The topological polar surface area (TPSA) is 29.5 Å². The van der Waals surface area contributed by atoms with Crippen LogP contribution >= 0.6 is 0 Å². The first-order valence-corrected chi connectivity index (χ1v) is 6.06. The fourth-order valence-electron chi connectivity index (χ4n) is 1.49. The summed E-state index contributed by atoms with van der Waals surface area (Å²) in [4.78, 5) is 13.9. The third-order valence-corrected chi connectivity index (χ3v) is 2.57. The van der Waals surface area contributed by atoms with Gasteiger partial charge in [0, 0.05) is 26.1 Å². The first-order valence-electron chi connectivity index (χ1n) is 6.06. The van der Waals surface area contributed by atoms with Gasteiger partial charge in [0.1, 0.15) is 0 Å². The lowest BCUT2D eigenvalue weighted by Crippen LogP contribution is -2.39. The zero-order valence-corrected chi connectivity index (χ0v) is 11.7. The van der Waals surface area contributed by atoms with Crippen molar-refractivity contribution in [2.24, 2.45) is 5.41 Å². The second-order valence-corrected chi connectivity index (χ2v) is 5.73. The van der Waals surface area contributed by atoms with Crippen LogP contribution in [-0.4, -0.2) is 37.1 Å². The Morgan fingerprint density at radius 1 is 1.31 bits per heavy atom. The second-order valence-electron chi connectivity index (χ2n) is 5.73. The van der Waals surface area contributed by atoms with Crippen LogP contribution in [0.4, 0.5) is 0 Å². The molecule has 16 heavy (non-hydrogen) atoms. The molecule has 0 rings (SSSR count). The Balaban J connectivity index is 4.17. The number of hydrogen-bond acceptors (Lipinski definition) is 2. The van der Waals surface area contributed by atoms with E-state index in [0.717, 1.165) is 6.42 Å². The van der Waals surface area contributed by atoms with Crippen molar-refractivity contribution in [1.82, 2.24) is 4.90 Å². The first-order chi connectivity index (χ1) is 7.28. The molecule has 0 aromatic heterocycles. The van der Waals surface area contributed by atoms with Crippen LogP contribution in [0.2, 0.25) is 0 Å². The summed E-state index contributed by atoms with van der Waals surface area (Å²) in [5, 5.41) is 0.